The number of hydrogen-bond donors (Lipinski definition) is 1. The van der Waals surface area contributed by atoms with Gasteiger partial charge in [-0.1, -0.05) is 34.1 Å². The lowest BCUT2D eigenvalue weighted by Gasteiger charge is -2.35. The van der Waals surface area contributed by atoms with E-state index in [1.165, 1.54) is 18.1 Å². The van der Waals surface area contributed by atoms with Crippen molar-refractivity contribution in [2.75, 3.05) is 13.7 Å². The van der Waals surface area contributed by atoms with E-state index in [-0.39, 0.29) is 30.3 Å². The molecule has 1 aromatic heterocycles. The van der Waals surface area contributed by atoms with Crippen LogP contribution in [0, 0.1) is 17.3 Å². The van der Waals surface area contributed by atoms with E-state index in [1.54, 1.807) is 25.1 Å². The molecule has 2 aliphatic heterocycles. The summed E-state index contributed by atoms with van der Waals surface area (Å²) in [6.07, 6.45) is 0.787. The number of alkyl carbamates (subject to hydrolysis) is 1. The molecule has 6 atom stereocenters. The largest absolute Gasteiger partial charge is 0.497 e. The molecule has 234 valence electrons. The Balaban J connectivity index is 1.56. The van der Waals surface area contributed by atoms with Crippen molar-refractivity contribution in [2.24, 2.45) is 17.3 Å². The summed E-state index contributed by atoms with van der Waals surface area (Å²) in [5, 5.41) is 3.28. The van der Waals surface area contributed by atoms with Gasteiger partial charge in [-0.25, -0.2) is 18.6 Å². The van der Waals surface area contributed by atoms with Crippen LogP contribution in [-0.4, -0.2) is 65.6 Å². The standard InChI is InChI=1S/C32H41F2N3O6/c1-18-24(17-38)37-16-25(18)42-27-22(13-19-10-11-21(41-6)14-23(19)35-27)32(33,34)12-8-7-9-20-15-31(20,5)43-29(40)36-26(28(37)39)30(2,3)4/h10-11,13-14,17-18,20,24-26H,7-9,12,15-16H2,1-6H3,(H,36,40)/t18-,20+,24+,25-,26+,31+/m0/s1. The number of fused-ring (bicyclic) bond motifs is 5. The number of carbonyl (C=O) groups is 3. The van der Waals surface area contributed by atoms with Crippen LogP contribution in [0.2, 0.25) is 0 Å². The normalized spacial score (nSPS) is 31.4. The molecule has 2 fully saturated rings. The molecule has 1 N–H and O–H groups in total. The van der Waals surface area contributed by atoms with Crippen LogP contribution in [0.5, 0.6) is 11.6 Å². The second-order valence-corrected chi connectivity index (χ2v) is 13.5. The first kappa shape index (κ1) is 30.9. The topological polar surface area (TPSA) is 107 Å². The van der Waals surface area contributed by atoms with E-state index in [9.17, 15) is 14.4 Å². The highest BCUT2D eigenvalue weighted by molar-refractivity contribution is 5.89. The number of carbonyl (C=O) groups excluding carboxylic acids is 3. The highest BCUT2D eigenvalue weighted by Crippen LogP contribution is 2.50. The number of rotatable bonds is 2. The van der Waals surface area contributed by atoms with E-state index in [2.05, 4.69) is 10.3 Å². The number of amides is 2. The van der Waals surface area contributed by atoms with Gasteiger partial charge in [0.25, 0.3) is 5.92 Å². The van der Waals surface area contributed by atoms with E-state index in [4.69, 9.17) is 14.2 Å². The zero-order valence-electron chi connectivity index (χ0n) is 25.6. The lowest BCUT2D eigenvalue weighted by Crippen LogP contribution is -2.56. The van der Waals surface area contributed by atoms with Crippen molar-refractivity contribution in [3.63, 3.8) is 0 Å². The Kier molecular flexibility index (Phi) is 8.07. The zero-order valence-corrected chi connectivity index (χ0v) is 25.6. The molecule has 2 bridgehead atoms. The molecule has 1 saturated carbocycles. The van der Waals surface area contributed by atoms with Crippen LogP contribution in [0.15, 0.2) is 24.3 Å². The first-order chi connectivity index (χ1) is 20.2. The summed E-state index contributed by atoms with van der Waals surface area (Å²) in [4.78, 5) is 45.2. The van der Waals surface area contributed by atoms with Crippen LogP contribution in [0.25, 0.3) is 10.9 Å². The van der Waals surface area contributed by atoms with E-state index in [0.717, 1.165) is 0 Å². The van der Waals surface area contributed by atoms with Gasteiger partial charge in [-0.05, 0) is 49.8 Å². The molecule has 1 saturated heterocycles. The van der Waals surface area contributed by atoms with Gasteiger partial charge in [0.1, 0.15) is 29.8 Å². The van der Waals surface area contributed by atoms with Crippen LogP contribution in [0.3, 0.4) is 0 Å². The summed E-state index contributed by atoms with van der Waals surface area (Å²) in [6.45, 7) is 8.96. The van der Waals surface area contributed by atoms with Gasteiger partial charge in [-0.3, -0.25) is 4.79 Å². The van der Waals surface area contributed by atoms with E-state index in [1.807, 2.05) is 27.7 Å². The molecule has 3 aliphatic rings. The fourth-order valence-electron chi connectivity index (χ4n) is 6.32. The summed E-state index contributed by atoms with van der Waals surface area (Å²) in [6, 6.07) is 4.53. The van der Waals surface area contributed by atoms with Gasteiger partial charge >= 0.3 is 6.09 Å². The highest BCUT2D eigenvalue weighted by atomic mass is 19.3. The van der Waals surface area contributed by atoms with Crippen molar-refractivity contribution in [2.45, 2.75) is 96.4 Å². The van der Waals surface area contributed by atoms with Crippen LogP contribution in [0.4, 0.5) is 13.6 Å². The average Bonchev–Trinajstić information content (AvgIpc) is 3.46. The molecular formula is C32H41F2N3O6. The van der Waals surface area contributed by atoms with Crippen LogP contribution >= 0.6 is 0 Å². The molecule has 5 rings (SSSR count). The minimum Gasteiger partial charge on any atom is -0.497 e. The average molecular weight is 602 g/mol. The van der Waals surface area contributed by atoms with Gasteiger partial charge in [0.15, 0.2) is 0 Å². The maximum atomic E-state index is 15.9. The molecule has 2 amide bonds. The monoisotopic (exact) mass is 601 g/mol. The van der Waals surface area contributed by atoms with Gasteiger partial charge in [0, 0.05) is 29.7 Å². The molecule has 43 heavy (non-hydrogen) atoms. The number of methoxy groups -OCH3 is 1. The smallest absolute Gasteiger partial charge is 0.408 e. The number of ether oxygens (including phenoxy) is 3. The third-order valence-electron chi connectivity index (χ3n) is 9.28. The summed E-state index contributed by atoms with van der Waals surface area (Å²) >= 11 is 0. The van der Waals surface area contributed by atoms with Gasteiger partial charge in [0.05, 0.1) is 30.8 Å². The number of alkyl halides is 2. The predicted molar refractivity (Wildman–Crippen MR) is 155 cm³/mol. The molecule has 9 nitrogen and oxygen atoms in total. The van der Waals surface area contributed by atoms with Gasteiger partial charge in [-0.15, -0.1) is 0 Å². The Morgan fingerprint density at radius 2 is 1.93 bits per heavy atom. The number of aldehydes is 1. The maximum absolute atomic E-state index is 15.9. The Morgan fingerprint density at radius 1 is 1.19 bits per heavy atom. The molecule has 11 heteroatoms. The first-order valence-electron chi connectivity index (χ1n) is 15.0. The number of hydrogen-bond acceptors (Lipinski definition) is 7. The van der Waals surface area contributed by atoms with Crippen molar-refractivity contribution in [1.29, 1.82) is 0 Å². The second-order valence-electron chi connectivity index (χ2n) is 13.5. The second kappa shape index (κ2) is 11.2. The molecule has 3 heterocycles. The van der Waals surface area contributed by atoms with E-state index in [0.29, 0.717) is 42.2 Å². The van der Waals surface area contributed by atoms with Crippen LogP contribution in [0.1, 0.15) is 72.3 Å². The van der Waals surface area contributed by atoms with Crippen molar-refractivity contribution in [1.82, 2.24) is 15.2 Å². The number of benzene rings is 1. The molecule has 0 unspecified atom stereocenters. The summed E-state index contributed by atoms with van der Waals surface area (Å²) in [5.41, 5.74) is -1.34. The zero-order chi connectivity index (χ0) is 31.3. The molecular weight excluding hydrogens is 560 g/mol. The highest BCUT2D eigenvalue weighted by Gasteiger charge is 2.54. The summed E-state index contributed by atoms with van der Waals surface area (Å²) < 4.78 is 49.1. The van der Waals surface area contributed by atoms with Crippen molar-refractivity contribution >= 4 is 29.2 Å². The molecule has 2 aromatic rings. The predicted octanol–water partition coefficient (Wildman–Crippen LogP) is 5.62. The van der Waals surface area contributed by atoms with Gasteiger partial charge in [-0.2, -0.15) is 0 Å². The Morgan fingerprint density at radius 3 is 2.60 bits per heavy atom. The third kappa shape index (κ3) is 6.13. The Labute approximate surface area is 250 Å². The number of nitrogens with zero attached hydrogens (tertiary/aromatic N) is 2. The molecule has 0 radical (unpaired) electrons. The quantitative estimate of drug-likeness (QED) is 0.445. The lowest BCUT2D eigenvalue weighted by molar-refractivity contribution is -0.139. The van der Waals surface area contributed by atoms with E-state index < -0.39 is 59.5 Å². The van der Waals surface area contributed by atoms with E-state index >= 15 is 8.78 Å². The van der Waals surface area contributed by atoms with Crippen LogP contribution < -0.4 is 14.8 Å². The molecule has 1 aromatic carbocycles. The van der Waals surface area contributed by atoms with Crippen molar-refractivity contribution < 1.29 is 37.4 Å². The molecule has 0 spiro atoms. The van der Waals surface area contributed by atoms with Crippen LogP contribution in [-0.2, 0) is 20.2 Å². The minimum absolute atomic E-state index is 0.0463. The molecule has 1 aliphatic carbocycles. The maximum Gasteiger partial charge on any atom is 0.408 e. The Bertz CT molecular complexity index is 1410. The Hall–Kier alpha value is -3.50. The van der Waals surface area contributed by atoms with Crippen molar-refractivity contribution in [3.05, 3.63) is 29.8 Å². The van der Waals surface area contributed by atoms with Gasteiger partial charge in [0.2, 0.25) is 11.8 Å². The number of aromatic nitrogens is 1. The number of pyridine rings is 1. The summed E-state index contributed by atoms with van der Waals surface area (Å²) in [7, 11) is 1.51. The number of halogens is 2. The SMILES string of the molecule is COc1ccc2cc3c(nc2c1)O[C@H]1CN(C(=O)[C@H](C(C)(C)C)NC(=O)O[C@]2(C)C[C@H]2CCCCC3(F)F)[C@H](C=O)[C@@H]1C. The fraction of sp³-hybridized carbons (Fsp3) is 0.625. The third-order valence-corrected chi connectivity index (χ3v) is 9.28. The van der Waals surface area contributed by atoms with Gasteiger partial charge < -0.3 is 29.2 Å². The van der Waals surface area contributed by atoms with Crippen molar-refractivity contribution in [3.8, 4) is 11.6 Å². The summed E-state index contributed by atoms with van der Waals surface area (Å²) in [5.74, 6) is -3.92. The lowest BCUT2D eigenvalue weighted by atomic mass is 9.85. The first-order valence-corrected chi connectivity index (χ1v) is 15.0. The fourth-order valence-corrected chi connectivity index (χ4v) is 6.32. The number of nitrogens with one attached hydrogen (secondary N) is 1. The minimum atomic E-state index is -3.25.